The number of piperidine rings is 1. The molecule has 0 aromatic heterocycles. The van der Waals surface area contributed by atoms with Crippen molar-refractivity contribution in [3.63, 3.8) is 0 Å². The summed E-state index contributed by atoms with van der Waals surface area (Å²) in [5.41, 5.74) is 0.401. The van der Waals surface area contributed by atoms with Gasteiger partial charge in [-0.1, -0.05) is 30.3 Å². The lowest BCUT2D eigenvalue weighted by Gasteiger charge is -2.34. The van der Waals surface area contributed by atoms with Crippen LogP contribution < -0.4 is 5.32 Å². The molecule has 6 heteroatoms. The molecule has 0 radical (unpaired) electrons. The quantitative estimate of drug-likeness (QED) is 0.750. The Balaban J connectivity index is 1.84. The van der Waals surface area contributed by atoms with Crippen molar-refractivity contribution in [1.29, 1.82) is 0 Å². The summed E-state index contributed by atoms with van der Waals surface area (Å²) in [6.07, 6.45) is 1.42. The van der Waals surface area contributed by atoms with Gasteiger partial charge in [-0.15, -0.1) is 0 Å². The van der Waals surface area contributed by atoms with Crippen LogP contribution in [0.4, 0.5) is 0 Å². The van der Waals surface area contributed by atoms with E-state index in [9.17, 15) is 9.59 Å². The molecule has 2 rings (SSSR count). The van der Waals surface area contributed by atoms with E-state index in [1.54, 1.807) is 6.92 Å². The highest BCUT2D eigenvalue weighted by Gasteiger charge is 2.33. The van der Waals surface area contributed by atoms with Crippen molar-refractivity contribution in [1.82, 2.24) is 10.2 Å². The number of rotatable bonds is 8. The number of hydrogen-bond donors (Lipinski definition) is 2. The van der Waals surface area contributed by atoms with Gasteiger partial charge in [-0.3, -0.25) is 14.5 Å². The number of hydrogen-bond acceptors (Lipinski definition) is 4. The summed E-state index contributed by atoms with van der Waals surface area (Å²) in [7, 11) is 1.51. The Labute approximate surface area is 149 Å². The zero-order valence-electron chi connectivity index (χ0n) is 15.0. The van der Waals surface area contributed by atoms with Gasteiger partial charge in [0.05, 0.1) is 18.6 Å². The molecule has 1 atom stereocenters. The summed E-state index contributed by atoms with van der Waals surface area (Å²) in [5, 5.41) is 12.0. The number of benzene rings is 1. The Kier molecular flexibility index (Phi) is 6.96. The van der Waals surface area contributed by atoms with E-state index in [4.69, 9.17) is 9.84 Å². The first-order valence-electron chi connectivity index (χ1n) is 8.71. The van der Waals surface area contributed by atoms with Gasteiger partial charge in [-0.2, -0.15) is 0 Å². The lowest BCUT2D eigenvalue weighted by molar-refractivity contribution is -0.140. The lowest BCUT2D eigenvalue weighted by Crippen LogP contribution is -2.53. The number of ether oxygens (including phenoxy) is 1. The van der Waals surface area contributed by atoms with Gasteiger partial charge in [0.2, 0.25) is 5.91 Å². The van der Waals surface area contributed by atoms with Crippen molar-refractivity contribution >= 4 is 11.9 Å². The van der Waals surface area contributed by atoms with Crippen LogP contribution >= 0.6 is 0 Å². The van der Waals surface area contributed by atoms with Crippen LogP contribution in [-0.4, -0.2) is 54.2 Å². The third-order valence-electron chi connectivity index (χ3n) is 4.64. The van der Waals surface area contributed by atoms with Gasteiger partial charge in [-0.25, -0.2) is 0 Å². The minimum Gasteiger partial charge on any atom is -0.481 e. The Bertz CT molecular complexity index is 570. The summed E-state index contributed by atoms with van der Waals surface area (Å²) < 4.78 is 5.09. The Morgan fingerprint density at radius 2 is 1.92 bits per heavy atom. The maximum Gasteiger partial charge on any atom is 0.305 e. The van der Waals surface area contributed by atoms with Gasteiger partial charge in [-0.05, 0) is 38.4 Å². The predicted octanol–water partition coefficient (Wildman–Crippen LogP) is 1.89. The van der Waals surface area contributed by atoms with Gasteiger partial charge in [0.1, 0.15) is 0 Å². The monoisotopic (exact) mass is 348 g/mol. The van der Waals surface area contributed by atoms with Crippen molar-refractivity contribution in [2.75, 3.05) is 26.8 Å². The van der Waals surface area contributed by atoms with Crippen molar-refractivity contribution in [2.45, 2.75) is 38.3 Å². The Morgan fingerprint density at radius 3 is 2.48 bits per heavy atom. The molecule has 1 aromatic rings. The number of methoxy groups -OCH3 is 1. The summed E-state index contributed by atoms with van der Waals surface area (Å²) in [5.74, 6) is -1.09. The van der Waals surface area contributed by atoms with E-state index in [1.165, 1.54) is 12.7 Å². The van der Waals surface area contributed by atoms with Crippen molar-refractivity contribution in [2.24, 2.45) is 5.92 Å². The van der Waals surface area contributed by atoms with E-state index in [0.717, 1.165) is 32.5 Å². The fourth-order valence-electron chi connectivity index (χ4n) is 3.38. The normalized spacial score (nSPS) is 18.5. The molecular weight excluding hydrogens is 320 g/mol. The smallest absolute Gasteiger partial charge is 0.305 e. The maximum atomic E-state index is 12.6. The average molecular weight is 348 g/mol. The molecule has 1 fully saturated rings. The standard InChI is InChI=1S/C19H28N2O4/c1-19(14-25-2,12-17(22)23)20-18(24)16-8-10-21(11-9-16)13-15-6-4-3-5-7-15/h3-7,16H,8-14H2,1-2H3,(H,20,24)(H,22,23). The molecule has 25 heavy (non-hydrogen) atoms. The van der Waals surface area contributed by atoms with Gasteiger partial charge in [0.25, 0.3) is 0 Å². The summed E-state index contributed by atoms with van der Waals surface area (Å²) in [6, 6.07) is 10.3. The van der Waals surface area contributed by atoms with Crippen LogP contribution in [0.1, 0.15) is 31.7 Å². The van der Waals surface area contributed by atoms with E-state index >= 15 is 0 Å². The molecule has 1 aliphatic heterocycles. The largest absolute Gasteiger partial charge is 0.481 e. The molecule has 0 bridgehead atoms. The number of carbonyl (C=O) groups excluding carboxylic acids is 1. The third-order valence-corrected chi connectivity index (χ3v) is 4.64. The molecule has 0 spiro atoms. The number of amides is 1. The van der Waals surface area contributed by atoms with Crippen LogP contribution in [0.2, 0.25) is 0 Å². The van der Waals surface area contributed by atoms with Crippen LogP contribution in [0, 0.1) is 5.92 Å². The number of carboxylic acids is 1. The molecule has 6 nitrogen and oxygen atoms in total. The number of aliphatic carboxylic acids is 1. The van der Waals surface area contributed by atoms with Crippen molar-refractivity contribution in [3.05, 3.63) is 35.9 Å². The van der Waals surface area contributed by atoms with Gasteiger partial charge in [0, 0.05) is 19.6 Å². The van der Waals surface area contributed by atoms with E-state index in [-0.39, 0.29) is 24.9 Å². The number of nitrogens with zero attached hydrogens (tertiary/aromatic N) is 1. The fourth-order valence-corrected chi connectivity index (χ4v) is 3.38. The molecule has 1 saturated heterocycles. The second-order valence-electron chi connectivity index (χ2n) is 7.09. The SMILES string of the molecule is COCC(C)(CC(=O)O)NC(=O)C1CCN(Cc2ccccc2)CC1. The second kappa shape index (κ2) is 8.97. The third kappa shape index (κ3) is 6.14. The van der Waals surface area contributed by atoms with E-state index in [1.807, 2.05) is 18.2 Å². The first-order valence-corrected chi connectivity index (χ1v) is 8.71. The Morgan fingerprint density at radius 1 is 1.28 bits per heavy atom. The molecule has 1 aliphatic rings. The van der Waals surface area contributed by atoms with Gasteiger partial charge < -0.3 is 15.2 Å². The average Bonchev–Trinajstić information content (AvgIpc) is 2.55. The fraction of sp³-hybridized carbons (Fsp3) is 0.579. The molecule has 1 heterocycles. The molecule has 1 aromatic carbocycles. The van der Waals surface area contributed by atoms with Crippen LogP contribution in [0.5, 0.6) is 0 Å². The minimum atomic E-state index is -0.947. The van der Waals surface area contributed by atoms with Gasteiger partial charge >= 0.3 is 5.97 Å². The van der Waals surface area contributed by atoms with Crippen LogP contribution in [0.3, 0.4) is 0 Å². The first-order chi connectivity index (χ1) is 11.9. The molecule has 2 N–H and O–H groups in total. The molecule has 138 valence electrons. The number of likely N-dealkylation sites (tertiary alicyclic amines) is 1. The first kappa shape index (κ1) is 19.4. The van der Waals surface area contributed by atoms with Crippen LogP contribution in [0.15, 0.2) is 30.3 Å². The Hall–Kier alpha value is -1.92. The molecule has 1 unspecified atom stereocenters. The molecule has 0 saturated carbocycles. The molecule has 1 amide bonds. The lowest BCUT2D eigenvalue weighted by atomic mass is 9.92. The molecular formula is C19H28N2O4. The summed E-state index contributed by atoms with van der Waals surface area (Å²) >= 11 is 0. The van der Waals surface area contributed by atoms with E-state index in [0.29, 0.717) is 0 Å². The highest BCUT2D eigenvalue weighted by molar-refractivity contribution is 5.80. The highest BCUT2D eigenvalue weighted by Crippen LogP contribution is 2.21. The zero-order valence-corrected chi connectivity index (χ0v) is 15.0. The topological polar surface area (TPSA) is 78.9 Å². The summed E-state index contributed by atoms with van der Waals surface area (Å²) in [6.45, 7) is 4.53. The maximum absolute atomic E-state index is 12.6. The van der Waals surface area contributed by atoms with Crippen molar-refractivity contribution < 1.29 is 19.4 Å². The summed E-state index contributed by atoms with van der Waals surface area (Å²) in [4.78, 5) is 26.0. The van der Waals surface area contributed by atoms with Gasteiger partial charge in [0.15, 0.2) is 0 Å². The molecule has 0 aliphatic carbocycles. The second-order valence-corrected chi connectivity index (χ2v) is 7.09. The minimum absolute atomic E-state index is 0.0693. The number of carboxylic acid groups (broad SMARTS) is 1. The highest BCUT2D eigenvalue weighted by atomic mass is 16.5. The van der Waals surface area contributed by atoms with Crippen LogP contribution in [0.25, 0.3) is 0 Å². The van der Waals surface area contributed by atoms with Crippen molar-refractivity contribution in [3.8, 4) is 0 Å². The predicted molar refractivity (Wildman–Crippen MR) is 95.1 cm³/mol. The zero-order chi connectivity index (χ0) is 18.3. The number of carbonyl (C=O) groups is 2. The van der Waals surface area contributed by atoms with E-state index < -0.39 is 11.5 Å². The van der Waals surface area contributed by atoms with E-state index in [2.05, 4.69) is 22.3 Å². The number of nitrogens with one attached hydrogen (secondary N) is 1. The van der Waals surface area contributed by atoms with Crippen LogP contribution in [-0.2, 0) is 20.9 Å².